The predicted molar refractivity (Wildman–Crippen MR) is 123 cm³/mol. The lowest BCUT2D eigenvalue weighted by Crippen LogP contribution is -2.37. The lowest BCUT2D eigenvalue weighted by atomic mass is 9.69. The van der Waals surface area contributed by atoms with E-state index in [4.69, 9.17) is 23.2 Å². The molecular formula is C22H21Cl2N3O3S. The molecule has 0 unspecified atom stereocenters. The highest BCUT2D eigenvalue weighted by atomic mass is 35.5. The van der Waals surface area contributed by atoms with E-state index in [9.17, 15) is 14.4 Å². The fourth-order valence-corrected chi connectivity index (χ4v) is 5.36. The van der Waals surface area contributed by atoms with E-state index in [2.05, 4.69) is 15.3 Å². The normalized spacial score (nSPS) is 19.5. The van der Waals surface area contributed by atoms with Crippen LogP contribution in [0.25, 0.3) is 0 Å². The van der Waals surface area contributed by atoms with Crippen molar-refractivity contribution in [3.05, 3.63) is 61.0 Å². The van der Waals surface area contributed by atoms with Gasteiger partial charge in [0.25, 0.3) is 5.56 Å². The molecule has 0 spiro atoms. The van der Waals surface area contributed by atoms with E-state index in [0.717, 1.165) is 17.5 Å². The second kappa shape index (κ2) is 8.11. The van der Waals surface area contributed by atoms with Crippen LogP contribution < -0.4 is 10.9 Å². The van der Waals surface area contributed by atoms with Crippen LogP contribution in [-0.2, 0) is 9.59 Å². The molecule has 6 nitrogen and oxygen atoms in total. The van der Waals surface area contributed by atoms with Crippen LogP contribution in [-0.4, -0.2) is 27.3 Å². The molecule has 31 heavy (non-hydrogen) atoms. The molecule has 0 bridgehead atoms. The van der Waals surface area contributed by atoms with Crippen molar-refractivity contribution in [1.82, 2.24) is 9.97 Å². The number of H-pyrrole nitrogens is 1. The van der Waals surface area contributed by atoms with Crippen LogP contribution in [0.5, 0.6) is 0 Å². The van der Waals surface area contributed by atoms with Gasteiger partial charge in [0.2, 0.25) is 0 Å². The number of Topliss-reactive ketones (excluding diaryl/α,β-unsaturated/α-hetero) is 2. The van der Waals surface area contributed by atoms with Gasteiger partial charge in [-0.25, -0.2) is 4.98 Å². The maximum Gasteiger partial charge on any atom is 0.257 e. The second-order valence-electron chi connectivity index (χ2n) is 8.68. The lowest BCUT2D eigenvalue weighted by Gasteiger charge is -2.38. The van der Waals surface area contributed by atoms with E-state index in [1.54, 1.807) is 18.2 Å². The Hall–Kier alpha value is -2.09. The molecule has 0 radical (unpaired) electrons. The summed E-state index contributed by atoms with van der Waals surface area (Å²) in [6, 6.07) is 5.05. The number of ketones is 2. The molecule has 2 aromatic rings. The molecule has 4 rings (SSSR count). The van der Waals surface area contributed by atoms with Crippen molar-refractivity contribution in [3.63, 3.8) is 0 Å². The average molecular weight is 478 g/mol. The van der Waals surface area contributed by atoms with Crippen LogP contribution in [0.4, 0.5) is 5.82 Å². The molecule has 1 aromatic heterocycles. The van der Waals surface area contributed by atoms with Crippen LogP contribution in [0.1, 0.15) is 50.7 Å². The summed E-state index contributed by atoms with van der Waals surface area (Å²) in [5, 5.41) is 4.44. The topological polar surface area (TPSA) is 91.9 Å². The Bertz CT molecular complexity index is 1200. The minimum atomic E-state index is -0.650. The summed E-state index contributed by atoms with van der Waals surface area (Å²) < 4.78 is 0. The first-order chi connectivity index (χ1) is 14.6. The van der Waals surface area contributed by atoms with Gasteiger partial charge in [0, 0.05) is 33.7 Å². The number of thioether (sulfide) groups is 1. The number of anilines is 1. The van der Waals surface area contributed by atoms with Gasteiger partial charge in [0.05, 0.1) is 11.3 Å². The SMILES string of the molecule is CC(=O)CSc1nc2c(c(=O)[nH]1)[C@H](c1ccc(Cl)cc1Cl)C1=C(CC(C)(C)CC1=O)N2. The molecule has 0 saturated carbocycles. The second-order valence-corrected chi connectivity index (χ2v) is 10.5. The number of carbonyl (C=O) groups excluding carboxylic acids is 2. The first-order valence-electron chi connectivity index (χ1n) is 9.80. The fourth-order valence-electron chi connectivity index (χ4n) is 4.18. The van der Waals surface area contributed by atoms with Crippen molar-refractivity contribution in [2.45, 2.75) is 44.7 Å². The van der Waals surface area contributed by atoms with E-state index in [1.807, 2.05) is 13.8 Å². The number of aromatic nitrogens is 2. The van der Waals surface area contributed by atoms with Crippen molar-refractivity contribution < 1.29 is 9.59 Å². The third kappa shape index (κ3) is 4.31. The predicted octanol–water partition coefficient (Wildman–Crippen LogP) is 4.96. The fraction of sp³-hybridized carbons (Fsp3) is 0.364. The Morgan fingerprint density at radius 2 is 2.00 bits per heavy atom. The Balaban J connectivity index is 1.92. The summed E-state index contributed by atoms with van der Waals surface area (Å²) in [5.74, 6) is -0.102. The van der Waals surface area contributed by atoms with Gasteiger partial charge in [-0.3, -0.25) is 14.4 Å². The van der Waals surface area contributed by atoms with Gasteiger partial charge in [-0.1, -0.05) is 54.9 Å². The molecule has 162 valence electrons. The van der Waals surface area contributed by atoms with Gasteiger partial charge < -0.3 is 10.3 Å². The van der Waals surface area contributed by atoms with Crippen LogP contribution in [0.3, 0.4) is 0 Å². The maximum absolute atomic E-state index is 13.2. The first-order valence-corrected chi connectivity index (χ1v) is 11.5. The smallest absolute Gasteiger partial charge is 0.257 e. The number of rotatable bonds is 4. The zero-order chi connectivity index (χ0) is 22.5. The van der Waals surface area contributed by atoms with Crippen molar-refractivity contribution in [2.75, 3.05) is 11.1 Å². The molecule has 0 fully saturated rings. The average Bonchev–Trinajstić information content (AvgIpc) is 2.64. The molecule has 2 N–H and O–H groups in total. The number of hydrogen-bond donors (Lipinski definition) is 2. The van der Waals surface area contributed by atoms with Crippen molar-refractivity contribution in [1.29, 1.82) is 0 Å². The minimum Gasteiger partial charge on any atom is -0.343 e. The molecule has 1 aliphatic carbocycles. The number of benzene rings is 1. The molecule has 9 heteroatoms. The third-order valence-corrected chi connectivity index (χ3v) is 6.97. The summed E-state index contributed by atoms with van der Waals surface area (Å²) >= 11 is 13.8. The molecular weight excluding hydrogens is 457 g/mol. The molecule has 1 aromatic carbocycles. The van der Waals surface area contributed by atoms with Crippen molar-refractivity contribution in [3.8, 4) is 0 Å². The van der Waals surface area contributed by atoms with Gasteiger partial charge in [-0.15, -0.1) is 0 Å². The summed E-state index contributed by atoms with van der Waals surface area (Å²) in [4.78, 5) is 45.1. The Morgan fingerprint density at radius 3 is 2.68 bits per heavy atom. The van der Waals surface area contributed by atoms with Crippen molar-refractivity contribution in [2.24, 2.45) is 5.41 Å². The number of fused-ring (bicyclic) bond motifs is 1. The maximum atomic E-state index is 13.2. The number of halogens is 2. The van der Waals surface area contributed by atoms with Gasteiger partial charge >= 0.3 is 0 Å². The first kappa shape index (κ1) is 22.1. The number of nitrogens with one attached hydrogen (secondary N) is 2. The number of aromatic amines is 1. The highest BCUT2D eigenvalue weighted by Gasteiger charge is 2.43. The van der Waals surface area contributed by atoms with E-state index in [0.29, 0.717) is 50.6 Å². The van der Waals surface area contributed by atoms with E-state index >= 15 is 0 Å². The zero-order valence-electron chi connectivity index (χ0n) is 17.3. The highest BCUT2D eigenvalue weighted by Crippen LogP contribution is 2.49. The lowest BCUT2D eigenvalue weighted by molar-refractivity contribution is -0.118. The summed E-state index contributed by atoms with van der Waals surface area (Å²) in [6.07, 6.45) is 1.02. The van der Waals surface area contributed by atoms with Gasteiger partial charge in [0.1, 0.15) is 11.6 Å². The monoisotopic (exact) mass is 477 g/mol. The molecule has 0 amide bonds. The Labute approximate surface area is 193 Å². The van der Waals surface area contributed by atoms with Gasteiger partial charge in [0.15, 0.2) is 10.9 Å². The Morgan fingerprint density at radius 1 is 1.26 bits per heavy atom. The van der Waals surface area contributed by atoms with Crippen LogP contribution in [0, 0.1) is 5.41 Å². The van der Waals surface area contributed by atoms with Gasteiger partial charge in [-0.2, -0.15) is 0 Å². The zero-order valence-corrected chi connectivity index (χ0v) is 19.6. The number of carbonyl (C=O) groups is 2. The van der Waals surface area contributed by atoms with E-state index in [-0.39, 0.29) is 28.3 Å². The molecule has 1 aliphatic heterocycles. The number of hydrogen-bond acceptors (Lipinski definition) is 6. The minimum absolute atomic E-state index is 0.0187. The molecule has 2 aliphatic rings. The largest absolute Gasteiger partial charge is 0.343 e. The summed E-state index contributed by atoms with van der Waals surface area (Å²) in [5.41, 5.74) is 1.68. The Kier molecular flexibility index (Phi) is 5.79. The van der Waals surface area contributed by atoms with Crippen LogP contribution >= 0.6 is 35.0 Å². The van der Waals surface area contributed by atoms with Crippen LogP contribution in [0.2, 0.25) is 10.0 Å². The summed E-state index contributed by atoms with van der Waals surface area (Å²) in [6.45, 7) is 5.55. The van der Waals surface area contributed by atoms with E-state index in [1.165, 1.54) is 6.92 Å². The van der Waals surface area contributed by atoms with Crippen LogP contribution in [0.15, 0.2) is 39.4 Å². The number of nitrogens with zero attached hydrogens (tertiary/aromatic N) is 1. The third-order valence-electron chi connectivity index (χ3n) is 5.39. The molecule has 0 saturated heterocycles. The highest BCUT2D eigenvalue weighted by molar-refractivity contribution is 7.99. The molecule has 1 atom stereocenters. The van der Waals surface area contributed by atoms with Gasteiger partial charge in [-0.05, 0) is 36.5 Å². The van der Waals surface area contributed by atoms with Crippen molar-refractivity contribution >= 4 is 52.3 Å². The van der Waals surface area contributed by atoms with E-state index < -0.39 is 5.92 Å². The molecule has 2 heterocycles. The standard InChI is InChI=1S/C22H21Cl2N3O3S/c1-10(28)9-31-21-26-19-18(20(30)27-21)16(12-5-4-11(23)6-13(12)24)17-14(25-19)7-22(2,3)8-15(17)29/h4-6,16H,7-9H2,1-3H3,(H2,25,26,27,30)/t16-/m1/s1. The quantitative estimate of drug-likeness (QED) is 0.477. The number of allylic oxidation sites excluding steroid dienone is 2. The summed E-state index contributed by atoms with van der Waals surface area (Å²) in [7, 11) is 0.